The third-order valence-electron chi connectivity index (χ3n) is 4.22. The molecule has 19 heavy (non-hydrogen) atoms. The first kappa shape index (κ1) is 14.8. The van der Waals surface area contributed by atoms with Crippen molar-refractivity contribution >= 4 is 11.6 Å². The van der Waals surface area contributed by atoms with Crippen LogP contribution >= 0.6 is 11.6 Å². The molecule has 0 radical (unpaired) electrons. The lowest BCUT2D eigenvalue weighted by molar-refractivity contribution is -0.0283. The number of hydrogen-bond acceptors (Lipinski definition) is 3. The highest BCUT2D eigenvalue weighted by Gasteiger charge is 2.34. The molecule has 0 aromatic carbocycles. The number of aryl methyl sites for hydroxylation is 2. The normalized spacial score (nSPS) is 20.2. The fourth-order valence-corrected chi connectivity index (χ4v) is 3.04. The Hall–Kier alpha value is -0.580. The lowest BCUT2D eigenvalue weighted by Crippen LogP contribution is -2.48. The van der Waals surface area contributed by atoms with Crippen molar-refractivity contribution in [3.05, 3.63) is 16.4 Å². The molecule has 0 amide bonds. The van der Waals surface area contributed by atoms with Gasteiger partial charge in [-0.05, 0) is 33.6 Å². The van der Waals surface area contributed by atoms with Gasteiger partial charge in [-0.2, -0.15) is 5.10 Å². The molecule has 0 bridgehead atoms. The first-order valence-electron chi connectivity index (χ1n) is 6.97. The summed E-state index contributed by atoms with van der Waals surface area (Å²) in [5.74, 6) is 0. The van der Waals surface area contributed by atoms with Gasteiger partial charge in [0.15, 0.2) is 0 Å². The lowest BCUT2D eigenvalue weighted by atomic mass is 9.86. The second-order valence-electron chi connectivity index (χ2n) is 6.00. The van der Waals surface area contributed by atoms with Gasteiger partial charge in [0.25, 0.3) is 0 Å². The first-order chi connectivity index (χ1) is 8.82. The highest BCUT2D eigenvalue weighted by molar-refractivity contribution is 6.31. The first-order valence-corrected chi connectivity index (χ1v) is 7.34. The molecule has 0 unspecified atom stereocenters. The number of likely N-dealkylation sites (tertiary alicyclic amines) is 1. The molecule has 1 aliphatic rings. The van der Waals surface area contributed by atoms with Crippen LogP contribution in [0, 0.1) is 6.92 Å². The molecule has 1 fully saturated rings. The fraction of sp³-hybridized carbons (Fsp3) is 0.786. The number of aliphatic hydroxyl groups is 1. The molecule has 0 atom stereocenters. The zero-order valence-corrected chi connectivity index (χ0v) is 13.0. The van der Waals surface area contributed by atoms with Crippen molar-refractivity contribution in [1.29, 1.82) is 0 Å². The quantitative estimate of drug-likeness (QED) is 0.925. The maximum absolute atomic E-state index is 10.8. The Morgan fingerprint density at radius 1 is 1.37 bits per heavy atom. The van der Waals surface area contributed by atoms with E-state index in [1.807, 2.05) is 14.0 Å². The van der Waals surface area contributed by atoms with Crippen LogP contribution in [-0.2, 0) is 13.5 Å². The van der Waals surface area contributed by atoms with Crippen LogP contribution in [0.3, 0.4) is 0 Å². The van der Waals surface area contributed by atoms with Gasteiger partial charge in [0.05, 0.1) is 22.0 Å². The van der Waals surface area contributed by atoms with E-state index in [0.29, 0.717) is 17.5 Å². The number of nitrogens with zero attached hydrogens (tertiary/aromatic N) is 3. The maximum Gasteiger partial charge on any atom is 0.0848 e. The van der Waals surface area contributed by atoms with Gasteiger partial charge in [0.1, 0.15) is 0 Å². The topological polar surface area (TPSA) is 41.3 Å². The van der Waals surface area contributed by atoms with Crippen molar-refractivity contribution in [2.24, 2.45) is 7.05 Å². The summed E-state index contributed by atoms with van der Waals surface area (Å²) in [4.78, 5) is 2.41. The summed E-state index contributed by atoms with van der Waals surface area (Å²) in [6, 6.07) is 0.548. The molecule has 108 valence electrons. The number of aromatic nitrogens is 2. The van der Waals surface area contributed by atoms with Crippen LogP contribution in [-0.4, -0.2) is 44.5 Å². The Bertz CT molecular complexity index is 448. The Morgan fingerprint density at radius 3 is 2.37 bits per heavy atom. The number of hydrogen-bond donors (Lipinski definition) is 1. The second-order valence-corrected chi connectivity index (χ2v) is 6.38. The summed E-state index contributed by atoms with van der Waals surface area (Å²) in [6.07, 6.45) is 2.19. The molecular weight excluding hydrogens is 262 g/mol. The van der Waals surface area contributed by atoms with Crippen LogP contribution in [0.4, 0.5) is 0 Å². The van der Waals surface area contributed by atoms with E-state index < -0.39 is 5.60 Å². The Kier molecular flexibility index (Phi) is 4.23. The summed E-state index contributed by atoms with van der Waals surface area (Å²) >= 11 is 6.27. The van der Waals surface area contributed by atoms with E-state index in [9.17, 15) is 5.11 Å². The molecule has 1 aromatic heterocycles. The third kappa shape index (κ3) is 3.12. The van der Waals surface area contributed by atoms with Crippen molar-refractivity contribution in [2.75, 3.05) is 13.1 Å². The molecule has 1 aliphatic heterocycles. The average Bonchev–Trinajstić information content (AvgIpc) is 2.56. The summed E-state index contributed by atoms with van der Waals surface area (Å²) in [6.45, 7) is 8.19. The Morgan fingerprint density at radius 2 is 1.95 bits per heavy atom. The standard InChI is InChI=1S/C14H24ClN3O/c1-10(2)18-7-5-14(19,6-8-18)9-12-13(15)11(3)16-17(12)4/h10,19H,5-9H2,1-4H3. The van der Waals surface area contributed by atoms with E-state index in [2.05, 4.69) is 23.8 Å². The molecule has 1 aromatic rings. The highest BCUT2D eigenvalue weighted by atomic mass is 35.5. The van der Waals surface area contributed by atoms with Crippen LogP contribution in [0.5, 0.6) is 0 Å². The maximum atomic E-state index is 10.8. The van der Waals surface area contributed by atoms with Gasteiger partial charge in [0.2, 0.25) is 0 Å². The van der Waals surface area contributed by atoms with E-state index in [4.69, 9.17) is 11.6 Å². The molecular formula is C14H24ClN3O. The summed E-state index contributed by atoms with van der Waals surface area (Å²) in [7, 11) is 1.89. The van der Waals surface area contributed by atoms with Crippen LogP contribution < -0.4 is 0 Å². The molecule has 2 rings (SSSR count). The SMILES string of the molecule is Cc1nn(C)c(CC2(O)CCN(C(C)C)CC2)c1Cl. The van der Waals surface area contributed by atoms with Crippen molar-refractivity contribution in [1.82, 2.24) is 14.7 Å². The van der Waals surface area contributed by atoms with Crippen molar-refractivity contribution in [3.8, 4) is 0 Å². The van der Waals surface area contributed by atoms with Gasteiger partial charge in [-0.25, -0.2) is 0 Å². The lowest BCUT2D eigenvalue weighted by Gasteiger charge is -2.40. The van der Waals surface area contributed by atoms with Gasteiger partial charge in [-0.3, -0.25) is 4.68 Å². The predicted octanol–water partition coefficient (Wildman–Crippen LogP) is 2.16. The summed E-state index contributed by atoms with van der Waals surface area (Å²) in [5, 5.41) is 15.8. The van der Waals surface area contributed by atoms with E-state index in [1.54, 1.807) is 4.68 Å². The van der Waals surface area contributed by atoms with Crippen LogP contribution in [0.15, 0.2) is 0 Å². The molecule has 5 heteroatoms. The minimum atomic E-state index is -0.644. The summed E-state index contributed by atoms with van der Waals surface area (Å²) in [5.41, 5.74) is 1.14. The van der Waals surface area contributed by atoms with Gasteiger partial charge in [-0.1, -0.05) is 11.6 Å². The molecule has 0 saturated carbocycles. The minimum Gasteiger partial charge on any atom is -0.389 e. The van der Waals surface area contributed by atoms with Crippen LogP contribution in [0.25, 0.3) is 0 Å². The van der Waals surface area contributed by atoms with E-state index in [0.717, 1.165) is 37.3 Å². The molecule has 1 N–H and O–H groups in total. The number of halogens is 1. The smallest absolute Gasteiger partial charge is 0.0848 e. The molecule has 4 nitrogen and oxygen atoms in total. The molecule has 0 spiro atoms. The van der Waals surface area contributed by atoms with Gasteiger partial charge in [0, 0.05) is 32.6 Å². The third-order valence-corrected chi connectivity index (χ3v) is 4.71. The Balaban J connectivity index is 2.07. The minimum absolute atomic E-state index is 0.548. The van der Waals surface area contributed by atoms with E-state index in [1.165, 1.54) is 0 Å². The zero-order chi connectivity index (χ0) is 14.2. The Labute approximate surface area is 120 Å². The number of rotatable bonds is 3. The summed E-state index contributed by atoms with van der Waals surface area (Å²) < 4.78 is 1.80. The fourth-order valence-electron chi connectivity index (χ4n) is 2.82. The monoisotopic (exact) mass is 285 g/mol. The van der Waals surface area contributed by atoms with Crippen LogP contribution in [0.2, 0.25) is 5.02 Å². The largest absolute Gasteiger partial charge is 0.389 e. The molecule has 2 heterocycles. The molecule has 1 saturated heterocycles. The molecule has 0 aliphatic carbocycles. The van der Waals surface area contributed by atoms with Crippen molar-refractivity contribution < 1.29 is 5.11 Å². The predicted molar refractivity (Wildman–Crippen MR) is 77.6 cm³/mol. The number of piperidine rings is 1. The van der Waals surface area contributed by atoms with Gasteiger partial charge >= 0.3 is 0 Å². The van der Waals surface area contributed by atoms with Crippen LogP contribution in [0.1, 0.15) is 38.1 Å². The second kappa shape index (κ2) is 5.43. The van der Waals surface area contributed by atoms with E-state index >= 15 is 0 Å². The van der Waals surface area contributed by atoms with Gasteiger partial charge < -0.3 is 10.0 Å². The highest BCUT2D eigenvalue weighted by Crippen LogP contribution is 2.30. The van der Waals surface area contributed by atoms with Gasteiger partial charge in [-0.15, -0.1) is 0 Å². The van der Waals surface area contributed by atoms with E-state index in [-0.39, 0.29) is 0 Å². The average molecular weight is 286 g/mol. The zero-order valence-electron chi connectivity index (χ0n) is 12.3. The van der Waals surface area contributed by atoms with Crippen molar-refractivity contribution in [2.45, 2.75) is 51.7 Å². The van der Waals surface area contributed by atoms with Crippen molar-refractivity contribution in [3.63, 3.8) is 0 Å².